The lowest BCUT2D eigenvalue weighted by Crippen LogP contribution is -2.29. The topological polar surface area (TPSA) is 145 Å². The molecule has 0 atom stereocenters. The Morgan fingerprint density at radius 1 is 0.972 bits per heavy atom. The van der Waals surface area contributed by atoms with E-state index in [0.717, 1.165) is 4.90 Å². The van der Waals surface area contributed by atoms with Crippen molar-refractivity contribution in [2.24, 2.45) is 0 Å². The number of rotatable bonds is 8. The second-order valence-corrected chi connectivity index (χ2v) is 7.68. The van der Waals surface area contributed by atoms with E-state index in [1.54, 1.807) is 30.3 Å². The lowest BCUT2D eigenvalue weighted by Gasteiger charge is -2.16. The molecule has 0 aromatic heterocycles. The third kappa shape index (κ3) is 4.75. The molecule has 1 aliphatic heterocycles. The van der Waals surface area contributed by atoms with Crippen molar-refractivity contribution in [2.75, 3.05) is 19.0 Å². The van der Waals surface area contributed by atoms with Crippen LogP contribution in [0.4, 0.5) is 11.4 Å². The molecule has 1 N–H and O–H groups in total. The maximum atomic E-state index is 12.7. The third-order valence-electron chi connectivity index (χ3n) is 5.41. The number of anilines is 1. The highest BCUT2D eigenvalue weighted by Gasteiger charge is 2.35. The van der Waals surface area contributed by atoms with Crippen LogP contribution in [0.5, 0.6) is 5.75 Å². The molecule has 3 amide bonds. The number of fused-ring (bicyclic) bond motifs is 1. The molecule has 0 aliphatic carbocycles. The number of amides is 3. The second kappa shape index (κ2) is 10.1. The van der Waals surface area contributed by atoms with Crippen LogP contribution in [0.15, 0.2) is 66.7 Å². The maximum Gasteiger partial charge on any atom is 0.342 e. The summed E-state index contributed by atoms with van der Waals surface area (Å²) in [5, 5.41) is 13.4. The standard InChI is InChI=1S/C25H19N3O8/c1-35-21-11-10-15(13-27-23(30)16-6-2-3-7-17(16)24(27)31)12-18(21)25(32)36-14-22(29)26-19-8-4-5-9-20(19)28(33)34/h2-12H,13-14H2,1H3,(H,26,29). The zero-order chi connectivity index (χ0) is 25.8. The van der Waals surface area contributed by atoms with Crippen LogP contribution in [-0.2, 0) is 16.1 Å². The SMILES string of the molecule is COc1ccc(CN2C(=O)c3ccccc3C2=O)cc1C(=O)OCC(=O)Nc1ccccc1[N+](=O)[O-]. The molecule has 3 aromatic carbocycles. The molecule has 0 radical (unpaired) electrons. The maximum absolute atomic E-state index is 12.7. The minimum absolute atomic E-state index is 0.0231. The average Bonchev–Trinajstić information content (AvgIpc) is 3.12. The van der Waals surface area contributed by atoms with Gasteiger partial charge in [-0.2, -0.15) is 0 Å². The largest absolute Gasteiger partial charge is 0.496 e. The molecule has 11 heteroatoms. The predicted molar refractivity (Wildman–Crippen MR) is 126 cm³/mol. The monoisotopic (exact) mass is 489 g/mol. The van der Waals surface area contributed by atoms with Crippen LogP contribution in [0.25, 0.3) is 0 Å². The normalized spacial score (nSPS) is 12.2. The Morgan fingerprint density at radius 3 is 2.25 bits per heavy atom. The zero-order valence-corrected chi connectivity index (χ0v) is 18.9. The fraction of sp³-hybridized carbons (Fsp3) is 0.120. The minimum Gasteiger partial charge on any atom is -0.496 e. The fourth-order valence-electron chi connectivity index (χ4n) is 3.71. The molecular weight excluding hydrogens is 470 g/mol. The molecule has 0 spiro atoms. The van der Waals surface area contributed by atoms with Gasteiger partial charge in [0.15, 0.2) is 6.61 Å². The number of hydrogen-bond donors (Lipinski definition) is 1. The number of imide groups is 1. The summed E-state index contributed by atoms with van der Waals surface area (Å²) in [6.45, 7) is -0.800. The highest BCUT2D eigenvalue weighted by atomic mass is 16.6. The van der Waals surface area contributed by atoms with Crippen molar-refractivity contribution < 1.29 is 33.6 Å². The van der Waals surface area contributed by atoms with Gasteiger partial charge in [-0.15, -0.1) is 0 Å². The van der Waals surface area contributed by atoms with E-state index < -0.39 is 35.2 Å². The number of nitrogens with zero attached hydrogens (tertiary/aromatic N) is 2. The predicted octanol–water partition coefficient (Wildman–Crippen LogP) is 3.20. The Hall–Kier alpha value is -5.06. The molecule has 36 heavy (non-hydrogen) atoms. The van der Waals surface area contributed by atoms with Crippen LogP contribution in [0.1, 0.15) is 36.6 Å². The molecule has 0 saturated heterocycles. The minimum atomic E-state index is -0.895. The van der Waals surface area contributed by atoms with E-state index in [9.17, 15) is 29.3 Å². The Labute approximate surface area is 204 Å². The Balaban J connectivity index is 1.45. The van der Waals surface area contributed by atoms with Gasteiger partial charge in [-0.25, -0.2) is 4.79 Å². The number of methoxy groups -OCH3 is 1. The molecule has 3 aromatic rings. The Kier molecular flexibility index (Phi) is 6.72. The number of carbonyl (C=O) groups is 4. The van der Waals surface area contributed by atoms with Crippen molar-refractivity contribution in [2.45, 2.75) is 6.54 Å². The van der Waals surface area contributed by atoms with Crippen LogP contribution < -0.4 is 10.1 Å². The van der Waals surface area contributed by atoms with Crippen molar-refractivity contribution >= 4 is 35.1 Å². The zero-order valence-electron chi connectivity index (χ0n) is 18.9. The lowest BCUT2D eigenvalue weighted by atomic mass is 10.1. The Bertz CT molecular complexity index is 1370. The first-order valence-corrected chi connectivity index (χ1v) is 10.6. The molecule has 182 valence electrons. The van der Waals surface area contributed by atoms with Gasteiger partial charge >= 0.3 is 5.97 Å². The van der Waals surface area contributed by atoms with Crippen molar-refractivity contribution in [3.05, 3.63) is 99.1 Å². The molecule has 0 saturated carbocycles. The van der Waals surface area contributed by atoms with E-state index in [2.05, 4.69) is 5.32 Å². The summed E-state index contributed by atoms with van der Waals surface area (Å²) in [7, 11) is 1.34. The number of ether oxygens (including phenoxy) is 2. The smallest absolute Gasteiger partial charge is 0.342 e. The van der Waals surface area contributed by atoms with Crippen LogP contribution in [0.3, 0.4) is 0 Å². The van der Waals surface area contributed by atoms with E-state index in [0.29, 0.717) is 16.7 Å². The number of benzene rings is 3. The van der Waals surface area contributed by atoms with Gasteiger partial charge in [-0.1, -0.05) is 30.3 Å². The van der Waals surface area contributed by atoms with E-state index in [1.807, 2.05) is 0 Å². The number of nitro benzene ring substituents is 1. The highest BCUT2D eigenvalue weighted by molar-refractivity contribution is 6.21. The van der Waals surface area contributed by atoms with Gasteiger partial charge in [0.1, 0.15) is 17.0 Å². The number of carbonyl (C=O) groups excluding carboxylic acids is 4. The summed E-state index contributed by atoms with van der Waals surface area (Å²) in [5.74, 6) is -2.40. The number of nitro groups is 1. The van der Waals surface area contributed by atoms with Gasteiger partial charge in [0.05, 0.1) is 29.7 Å². The van der Waals surface area contributed by atoms with Gasteiger partial charge in [-0.05, 0) is 35.9 Å². The number of hydrogen-bond acceptors (Lipinski definition) is 8. The summed E-state index contributed by atoms with van der Waals surface area (Å²) >= 11 is 0. The second-order valence-electron chi connectivity index (χ2n) is 7.68. The van der Waals surface area contributed by atoms with Crippen molar-refractivity contribution in [1.82, 2.24) is 4.90 Å². The molecule has 0 fully saturated rings. The molecule has 1 heterocycles. The third-order valence-corrected chi connectivity index (χ3v) is 5.41. The summed E-state index contributed by atoms with van der Waals surface area (Å²) in [6, 6.07) is 16.5. The number of para-hydroxylation sites is 2. The van der Waals surface area contributed by atoms with E-state index in [1.165, 1.54) is 43.5 Å². The summed E-state index contributed by atoms with van der Waals surface area (Å²) < 4.78 is 10.3. The number of nitrogens with one attached hydrogen (secondary N) is 1. The quantitative estimate of drug-likeness (QED) is 0.220. The molecule has 4 rings (SSSR count). The van der Waals surface area contributed by atoms with Gasteiger partial charge in [0.2, 0.25) is 0 Å². The summed E-state index contributed by atoms with van der Waals surface area (Å²) in [6.07, 6.45) is 0. The highest BCUT2D eigenvalue weighted by Crippen LogP contribution is 2.27. The van der Waals surface area contributed by atoms with Crippen LogP contribution >= 0.6 is 0 Å². The van der Waals surface area contributed by atoms with Gasteiger partial charge < -0.3 is 14.8 Å². The van der Waals surface area contributed by atoms with Crippen LogP contribution in [0.2, 0.25) is 0 Å². The molecule has 11 nitrogen and oxygen atoms in total. The first-order valence-electron chi connectivity index (χ1n) is 10.6. The van der Waals surface area contributed by atoms with Gasteiger partial charge in [-0.3, -0.25) is 29.4 Å². The Morgan fingerprint density at radius 2 is 1.61 bits per heavy atom. The first kappa shape index (κ1) is 24.1. The van der Waals surface area contributed by atoms with E-state index in [4.69, 9.17) is 9.47 Å². The van der Waals surface area contributed by atoms with Crippen LogP contribution in [0, 0.1) is 10.1 Å². The summed E-state index contributed by atoms with van der Waals surface area (Å²) in [5.41, 5.74) is 0.705. The van der Waals surface area contributed by atoms with Crippen molar-refractivity contribution in [1.29, 1.82) is 0 Å². The molecule has 0 bridgehead atoms. The first-order chi connectivity index (χ1) is 17.3. The molecular formula is C25H19N3O8. The molecule has 1 aliphatic rings. The number of esters is 1. The van der Waals surface area contributed by atoms with Crippen LogP contribution in [-0.4, -0.2) is 47.2 Å². The summed E-state index contributed by atoms with van der Waals surface area (Å²) in [4.78, 5) is 61.8. The van der Waals surface area contributed by atoms with Crippen molar-refractivity contribution in [3.8, 4) is 5.75 Å². The van der Waals surface area contributed by atoms with Crippen molar-refractivity contribution in [3.63, 3.8) is 0 Å². The van der Waals surface area contributed by atoms with E-state index in [-0.39, 0.29) is 29.2 Å². The van der Waals surface area contributed by atoms with Gasteiger partial charge in [0, 0.05) is 6.07 Å². The fourth-order valence-corrected chi connectivity index (χ4v) is 3.71. The average molecular weight is 489 g/mol. The van der Waals surface area contributed by atoms with E-state index >= 15 is 0 Å². The lowest BCUT2D eigenvalue weighted by molar-refractivity contribution is -0.383. The van der Waals surface area contributed by atoms with Gasteiger partial charge in [0.25, 0.3) is 23.4 Å². The molecule has 0 unspecified atom stereocenters.